The molecule has 0 spiro atoms. The summed E-state index contributed by atoms with van der Waals surface area (Å²) >= 11 is 1.39. The van der Waals surface area contributed by atoms with Gasteiger partial charge in [0.15, 0.2) is 4.96 Å². The second-order valence-corrected chi connectivity index (χ2v) is 7.00. The average molecular weight is 391 g/mol. The number of thiazole rings is 1. The van der Waals surface area contributed by atoms with Crippen LogP contribution >= 0.6 is 11.3 Å². The molecule has 140 valence electrons. The van der Waals surface area contributed by atoms with Gasteiger partial charge in [-0.2, -0.15) is 0 Å². The quantitative estimate of drug-likeness (QED) is 0.548. The molecule has 0 unspecified atom stereocenters. The topological polar surface area (TPSA) is 72.7 Å². The number of fused-ring (bicyclic) bond motifs is 1. The molecule has 0 fully saturated rings. The van der Waals surface area contributed by atoms with Gasteiger partial charge in [0.2, 0.25) is 0 Å². The Labute approximate surface area is 165 Å². The number of rotatable bonds is 6. The lowest BCUT2D eigenvalue weighted by molar-refractivity contribution is 0.0950. The van der Waals surface area contributed by atoms with E-state index >= 15 is 0 Å². The molecule has 0 aliphatic heterocycles. The highest BCUT2D eigenvalue weighted by Crippen LogP contribution is 2.15. The van der Waals surface area contributed by atoms with Crippen molar-refractivity contribution in [2.24, 2.45) is 0 Å². The summed E-state index contributed by atoms with van der Waals surface area (Å²) in [6.07, 6.45) is 1.69. The van der Waals surface area contributed by atoms with Crippen molar-refractivity contribution in [3.05, 3.63) is 99.4 Å². The van der Waals surface area contributed by atoms with Crippen LogP contribution in [-0.4, -0.2) is 15.3 Å². The van der Waals surface area contributed by atoms with E-state index in [1.165, 1.54) is 21.8 Å². The Morgan fingerprint density at radius 1 is 1.11 bits per heavy atom. The SMILES string of the molecule is O=C(NCc1ccccc1)c1cccc(OCc2cc(=O)n3ccsc3n2)c1. The normalized spacial score (nSPS) is 10.7. The van der Waals surface area contributed by atoms with E-state index in [1.54, 1.807) is 30.5 Å². The zero-order valence-electron chi connectivity index (χ0n) is 14.9. The van der Waals surface area contributed by atoms with Crippen LogP contribution in [0.15, 0.2) is 77.0 Å². The van der Waals surface area contributed by atoms with Crippen LogP contribution in [-0.2, 0) is 13.2 Å². The molecule has 0 bridgehead atoms. The summed E-state index contributed by atoms with van der Waals surface area (Å²) in [6.45, 7) is 0.609. The minimum atomic E-state index is -0.175. The van der Waals surface area contributed by atoms with E-state index in [2.05, 4.69) is 10.3 Å². The highest BCUT2D eigenvalue weighted by molar-refractivity contribution is 7.15. The highest BCUT2D eigenvalue weighted by atomic mass is 32.1. The van der Waals surface area contributed by atoms with Gasteiger partial charge in [0.05, 0.1) is 5.69 Å². The van der Waals surface area contributed by atoms with E-state index in [1.807, 2.05) is 35.7 Å². The summed E-state index contributed by atoms with van der Waals surface area (Å²) in [4.78, 5) is 29.4. The molecule has 0 saturated carbocycles. The van der Waals surface area contributed by atoms with Crippen molar-refractivity contribution in [1.82, 2.24) is 14.7 Å². The van der Waals surface area contributed by atoms with Crippen molar-refractivity contribution in [1.29, 1.82) is 0 Å². The number of hydrogen-bond donors (Lipinski definition) is 1. The Morgan fingerprint density at radius 2 is 1.96 bits per heavy atom. The fourth-order valence-electron chi connectivity index (χ4n) is 2.73. The number of carbonyl (C=O) groups is 1. The lowest BCUT2D eigenvalue weighted by atomic mass is 10.2. The van der Waals surface area contributed by atoms with Crippen molar-refractivity contribution in [2.75, 3.05) is 0 Å². The van der Waals surface area contributed by atoms with E-state index in [9.17, 15) is 9.59 Å². The monoisotopic (exact) mass is 391 g/mol. The van der Waals surface area contributed by atoms with E-state index in [-0.39, 0.29) is 18.1 Å². The third-order valence-electron chi connectivity index (χ3n) is 4.14. The summed E-state index contributed by atoms with van der Waals surface area (Å²) in [6, 6.07) is 18.1. The van der Waals surface area contributed by atoms with Crippen LogP contribution in [0.3, 0.4) is 0 Å². The molecule has 2 aromatic carbocycles. The first-order valence-electron chi connectivity index (χ1n) is 8.70. The largest absolute Gasteiger partial charge is 0.487 e. The fourth-order valence-corrected chi connectivity index (χ4v) is 3.47. The van der Waals surface area contributed by atoms with Gasteiger partial charge in [0.1, 0.15) is 12.4 Å². The van der Waals surface area contributed by atoms with Crippen molar-refractivity contribution < 1.29 is 9.53 Å². The predicted molar refractivity (Wildman–Crippen MR) is 108 cm³/mol. The lowest BCUT2D eigenvalue weighted by Gasteiger charge is -2.09. The van der Waals surface area contributed by atoms with Gasteiger partial charge in [-0.3, -0.25) is 14.0 Å². The molecular weight excluding hydrogens is 374 g/mol. The van der Waals surface area contributed by atoms with Crippen molar-refractivity contribution >= 4 is 22.2 Å². The van der Waals surface area contributed by atoms with Crippen molar-refractivity contribution in [3.8, 4) is 5.75 Å². The lowest BCUT2D eigenvalue weighted by Crippen LogP contribution is -2.22. The predicted octanol–water partition coefficient (Wildman–Crippen LogP) is 3.27. The number of aromatic nitrogens is 2. The van der Waals surface area contributed by atoms with Crippen molar-refractivity contribution in [2.45, 2.75) is 13.2 Å². The maximum absolute atomic E-state index is 12.4. The molecule has 0 aliphatic rings. The maximum Gasteiger partial charge on any atom is 0.258 e. The summed E-state index contributed by atoms with van der Waals surface area (Å²) in [5.41, 5.74) is 1.95. The number of carbonyl (C=O) groups excluding carboxylic acids is 1. The number of amides is 1. The van der Waals surface area contributed by atoms with Crippen LogP contribution in [0.25, 0.3) is 4.96 Å². The molecule has 4 aromatic rings. The standard InChI is InChI=1S/C21H17N3O3S/c25-19-12-17(23-21-24(19)9-10-28-21)14-27-18-8-4-7-16(11-18)20(26)22-13-15-5-2-1-3-6-15/h1-12H,13-14H2,(H,22,26). The molecule has 0 aliphatic carbocycles. The number of nitrogens with one attached hydrogen (secondary N) is 1. The van der Waals surface area contributed by atoms with Gasteiger partial charge < -0.3 is 10.1 Å². The summed E-state index contributed by atoms with van der Waals surface area (Å²) in [7, 11) is 0. The van der Waals surface area contributed by atoms with Gasteiger partial charge in [-0.15, -0.1) is 11.3 Å². The summed E-state index contributed by atoms with van der Waals surface area (Å²) in [5.74, 6) is 0.367. The second-order valence-electron chi connectivity index (χ2n) is 6.13. The van der Waals surface area contributed by atoms with Gasteiger partial charge >= 0.3 is 0 Å². The van der Waals surface area contributed by atoms with E-state index in [0.29, 0.717) is 28.5 Å². The Morgan fingerprint density at radius 3 is 2.82 bits per heavy atom. The zero-order valence-corrected chi connectivity index (χ0v) is 15.7. The van der Waals surface area contributed by atoms with Gasteiger partial charge in [-0.1, -0.05) is 36.4 Å². The molecule has 0 saturated heterocycles. The molecule has 1 amide bonds. The third-order valence-corrected chi connectivity index (χ3v) is 4.89. The minimum absolute atomic E-state index is 0.140. The molecular formula is C21H17N3O3S. The first kappa shape index (κ1) is 17.9. The molecule has 2 heterocycles. The first-order chi connectivity index (χ1) is 13.7. The Bertz CT molecular complexity index is 1170. The number of hydrogen-bond acceptors (Lipinski definition) is 5. The molecule has 0 radical (unpaired) electrons. The van der Waals surface area contributed by atoms with Crippen molar-refractivity contribution in [3.63, 3.8) is 0 Å². The first-order valence-corrected chi connectivity index (χ1v) is 9.58. The number of nitrogens with zero attached hydrogens (tertiary/aromatic N) is 2. The van der Waals surface area contributed by atoms with Gasteiger partial charge in [0.25, 0.3) is 11.5 Å². The summed E-state index contributed by atoms with van der Waals surface area (Å²) < 4.78 is 7.23. The Balaban J connectivity index is 1.41. The van der Waals surface area contributed by atoms with E-state index < -0.39 is 0 Å². The molecule has 6 nitrogen and oxygen atoms in total. The number of benzene rings is 2. The molecule has 7 heteroatoms. The molecule has 0 atom stereocenters. The third kappa shape index (κ3) is 4.10. The van der Waals surface area contributed by atoms with Crippen LogP contribution < -0.4 is 15.6 Å². The van der Waals surface area contributed by atoms with Gasteiger partial charge in [-0.25, -0.2) is 4.98 Å². The fraction of sp³-hybridized carbons (Fsp3) is 0.0952. The maximum atomic E-state index is 12.4. The minimum Gasteiger partial charge on any atom is -0.487 e. The molecule has 4 rings (SSSR count). The van der Waals surface area contributed by atoms with Crippen LogP contribution in [0, 0.1) is 0 Å². The smallest absolute Gasteiger partial charge is 0.258 e. The molecule has 2 aromatic heterocycles. The van der Waals surface area contributed by atoms with Crippen LogP contribution in [0.4, 0.5) is 0 Å². The van der Waals surface area contributed by atoms with E-state index in [0.717, 1.165) is 5.56 Å². The van der Waals surface area contributed by atoms with Gasteiger partial charge in [-0.05, 0) is 23.8 Å². The molecule has 28 heavy (non-hydrogen) atoms. The highest BCUT2D eigenvalue weighted by Gasteiger charge is 2.08. The van der Waals surface area contributed by atoms with Gasteiger partial charge in [0, 0.05) is 29.8 Å². The Hall–Kier alpha value is -3.45. The second kappa shape index (κ2) is 8.06. The molecule has 1 N–H and O–H groups in total. The van der Waals surface area contributed by atoms with E-state index in [4.69, 9.17) is 4.74 Å². The number of ether oxygens (including phenoxy) is 1. The Kier molecular flexibility index (Phi) is 5.16. The average Bonchev–Trinajstić information content (AvgIpc) is 3.21. The van der Waals surface area contributed by atoms with Crippen LogP contribution in [0.5, 0.6) is 5.75 Å². The van der Waals surface area contributed by atoms with Crippen LogP contribution in [0.2, 0.25) is 0 Å². The zero-order chi connectivity index (χ0) is 19.3. The van der Waals surface area contributed by atoms with Crippen LogP contribution in [0.1, 0.15) is 21.6 Å². The summed E-state index contributed by atoms with van der Waals surface area (Å²) in [5, 5.41) is 4.70.